The van der Waals surface area contributed by atoms with E-state index in [9.17, 15) is 22.4 Å². The fourth-order valence-corrected chi connectivity index (χ4v) is 3.47. The van der Waals surface area contributed by atoms with Crippen LogP contribution in [0.5, 0.6) is 0 Å². The van der Waals surface area contributed by atoms with Crippen LogP contribution in [0.4, 0.5) is 23.2 Å². The van der Waals surface area contributed by atoms with E-state index in [-0.39, 0.29) is 17.0 Å². The Morgan fingerprint density at radius 3 is 2.27 bits per heavy atom. The summed E-state index contributed by atoms with van der Waals surface area (Å²) >= 11 is 1.03. The monoisotopic (exact) mass is 446 g/mol. The average molecular weight is 447 g/mol. The Bertz CT molecular complexity index is 831. The largest absolute Gasteiger partial charge is 0.416 e. The fraction of sp³-hybridized carbons (Fsp3) is 0.350. The average Bonchev–Trinajstić information content (AvgIpc) is 2.71. The molecule has 0 saturated carbocycles. The Labute approximate surface area is 178 Å². The van der Waals surface area contributed by atoms with Crippen molar-refractivity contribution in [3.05, 3.63) is 58.9 Å². The van der Waals surface area contributed by atoms with Gasteiger partial charge in [-0.2, -0.15) is 13.2 Å². The van der Waals surface area contributed by atoms with Crippen LogP contribution in [-0.4, -0.2) is 25.0 Å². The molecule has 0 spiro atoms. The fourth-order valence-electron chi connectivity index (χ4n) is 2.43. The minimum atomic E-state index is -4.49. The zero-order chi connectivity index (χ0) is 22.9. The zero-order valence-corrected chi connectivity index (χ0v) is 17.9. The molecule has 0 radical (unpaired) electrons. The first-order chi connectivity index (χ1) is 14.0. The second-order valence-electron chi connectivity index (χ2n) is 6.25. The smallest absolute Gasteiger partial charge is 0.314 e. The summed E-state index contributed by atoms with van der Waals surface area (Å²) in [5.41, 5.74) is 0.488. The van der Waals surface area contributed by atoms with Gasteiger partial charge in [-0.3, -0.25) is 9.80 Å². The molecule has 2 aromatic carbocycles. The maximum Gasteiger partial charge on any atom is 0.416 e. The molecule has 0 aliphatic carbocycles. The normalized spacial score (nSPS) is 10.8. The first-order valence-corrected chi connectivity index (χ1v) is 10.1. The summed E-state index contributed by atoms with van der Waals surface area (Å²) in [6.07, 6.45) is -3.19. The van der Waals surface area contributed by atoms with Gasteiger partial charge in [-0.15, -0.1) is 11.8 Å². The lowest BCUT2D eigenvalue weighted by Crippen LogP contribution is -2.28. The van der Waals surface area contributed by atoms with E-state index in [0.717, 1.165) is 39.8 Å². The van der Waals surface area contributed by atoms with Crippen molar-refractivity contribution in [1.29, 1.82) is 0 Å². The number of halogens is 4. The van der Waals surface area contributed by atoms with E-state index in [4.69, 9.17) is 11.7 Å². The molecule has 0 fully saturated rings. The second kappa shape index (κ2) is 11.8. The predicted molar refractivity (Wildman–Crippen MR) is 112 cm³/mol. The summed E-state index contributed by atoms with van der Waals surface area (Å²) in [6.45, 7) is 4.31. The maximum absolute atomic E-state index is 13.9. The third kappa shape index (κ3) is 7.51. The van der Waals surface area contributed by atoms with Crippen molar-refractivity contribution >= 4 is 23.9 Å². The quantitative estimate of drug-likeness (QED) is 0.165. The number of hydrogen-bond acceptors (Lipinski definition) is 5. The van der Waals surface area contributed by atoms with Crippen molar-refractivity contribution in [2.45, 2.75) is 37.1 Å². The van der Waals surface area contributed by atoms with E-state index in [2.05, 4.69) is 0 Å². The molecule has 0 bridgehead atoms. The standard InChI is InChI=1S/C17H18F4N2S.C3H8N2O/c1-3-11-7-8-14(18)16(9-11)24-10-12-13(17(19,20)21)5-4-6-15(12)23(2)22;1-2-5(4)3-6/h4-9H,3,10,22H2,1-2H3;3H,2,4H2,1H3. The van der Waals surface area contributed by atoms with Crippen LogP contribution >= 0.6 is 11.8 Å². The van der Waals surface area contributed by atoms with Gasteiger partial charge in [0.15, 0.2) is 0 Å². The summed E-state index contributed by atoms with van der Waals surface area (Å²) in [5, 5.41) is 2.21. The minimum Gasteiger partial charge on any atom is -0.314 e. The maximum atomic E-state index is 13.9. The first kappa shape index (κ1) is 25.7. The molecule has 10 heteroatoms. The summed E-state index contributed by atoms with van der Waals surface area (Å²) in [4.78, 5) is 9.87. The highest BCUT2D eigenvalue weighted by molar-refractivity contribution is 7.98. The molecule has 4 N–H and O–H groups in total. The van der Waals surface area contributed by atoms with Crippen molar-refractivity contribution in [1.82, 2.24) is 5.01 Å². The van der Waals surface area contributed by atoms with Gasteiger partial charge in [0, 0.05) is 24.2 Å². The molecule has 0 unspecified atom stereocenters. The number of thioether (sulfide) groups is 1. The molecular weight excluding hydrogens is 420 g/mol. The molecular formula is C20H26F4N4OS. The number of hydrogen-bond donors (Lipinski definition) is 2. The van der Waals surface area contributed by atoms with E-state index < -0.39 is 17.6 Å². The number of rotatable bonds is 7. The lowest BCUT2D eigenvalue weighted by atomic mass is 10.1. The summed E-state index contributed by atoms with van der Waals surface area (Å²) < 4.78 is 53.7. The number of benzene rings is 2. The van der Waals surface area contributed by atoms with Gasteiger partial charge in [-0.25, -0.2) is 16.1 Å². The third-order valence-electron chi connectivity index (χ3n) is 4.11. The molecule has 166 valence electrons. The number of carbonyl (C=O) groups is 1. The van der Waals surface area contributed by atoms with Crippen LogP contribution in [0, 0.1) is 5.82 Å². The van der Waals surface area contributed by atoms with Gasteiger partial charge in [0.25, 0.3) is 0 Å². The Balaban J connectivity index is 0.000000656. The van der Waals surface area contributed by atoms with Crippen molar-refractivity contribution < 1.29 is 22.4 Å². The second-order valence-corrected chi connectivity index (χ2v) is 7.27. The molecule has 0 saturated heterocycles. The topological polar surface area (TPSA) is 75.6 Å². The van der Waals surface area contributed by atoms with Crippen LogP contribution in [0.2, 0.25) is 0 Å². The van der Waals surface area contributed by atoms with Gasteiger partial charge >= 0.3 is 6.18 Å². The Morgan fingerprint density at radius 2 is 1.80 bits per heavy atom. The van der Waals surface area contributed by atoms with Crippen LogP contribution in [0.15, 0.2) is 41.3 Å². The van der Waals surface area contributed by atoms with Crippen LogP contribution < -0.4 is 16.7 Å². The highest BCUT2D eigenvalue weighted by Crippen LogP contribution is 2.39. The number of amides is 1. The Hall–Kier alpha value is -2.30. The lowest BCUT2D eigenvalue weighted by molar-refractivity contribution is -0.138. The molecule has 2 rings (SSSR count). The molecule has 30 heavy (non-hydrogen) atoms. The molecule has 0 heterocycles. The number of nitrogens with zero attached hydrogens (tertiary/aromatic N) is 2. The van der Waals surface area contributed by atoms with Crippen molar-refractivity contribution in [2.75, 3.05) is 18.6 Å². The summed E-state index contributed by atoms with van der Waals surface area (Å²) in [7, 11) is 1.47. The van der Waals surface area contributed by atoms with Gasteiger partial charge in [0.05, 0.1) is 11.3 Å². The number of hydrazine groups is 2. The molecule has 1 amide bonds. The Morgan fingerprint density at radius 1 is 1.13 bits per heavy atom. The highest BCUT2D eigenvalue weighted by atomic mass is 32.2. The molecule has 5 nitrogen and oxygen atoms in total. The zero-order valence-electron chi connectivity index (χ0n) is 17.0. The molecule has 0 atom stereocenters. The number of alkyl halides is 3. The third-order valence-corrected chi connectivity index (χ3v) is 5.17. The molecule has 0 aliphatic heterocycles. The van der Waals surface area contributed by atoms with E-state index in [1.54, 1.807) is 19.1 Å². The number of nitrogens with two attached hydrogens (primary N) is 2. The molecule has 0 aliphatic rings. The highest BCUT2D eigenvalue weighted by Gasteiger charge is 2.34. The van der Waals surface area contributed by atoms with Gasteiger partial charge in [-0.05, 0) is 48.7 Å². The minimum absolute atomic E-state index is 0.0311. The summed E-state index contributed by atoms with van der Waals surface area (Å²) in [5.74, 6) is 10.1. The lowest BCUT2D eigenvalue weighted by Gasteiger charge is -2.21. The van der Waals surface area contributed by atoms with Gasteiger partial charge < -0.3 is 5.01 Å². The van der Waals surface area contributed by atoms with Crippen molar-refractivity contribution in [2.24, 2.45) is 11.7 Å². The van der Waals surface area contributed by atoms with E-state index in [1.165, 1.54) is 25.2 Å². The molecule has 2 aromatic rings. The first-order valence-electron chi connectivity index (χ1n) is 9.10. The summed E-state index contributed by atoms with van der Waals surface area (Å²) in [6, 6.07) is 8.52. The van der Waals surface area contributed by atoms with Crippen molar-refractivity contribution in [3.8, 4) is 0 Å². The van der Waals surface area contributed by atoms with Crippen LogP contribution in [0.3, 0.4) is 0 Å². The van der Waals surface area contributed by atoms with E-state index >= 15 is 0 Å². The van der Waals surface area contributed by atoms with Gasteiger partial charge in [0.1, 0.15) is 5.82 Å². The predicted octanol–water partition coefficient (Wildman–Crippen LogP) is 4.35. The molecule has 0 aromatic heterocycles. The van der Waals surface area contributed by atoms with Crippen LogP contribution in [-0.2, 0) is 23.1 Å². The van der Waals surface area contributed by atoms with Crippen LogP contribution in [0.1, 0.15) is 30.5 Å². The van der Waals surface area contributed by atoms with Crippen molar-refractivity contribution in [3.63, 3.8) is 0 Å². The number of carbonyl (C=O) groups excluding carboxylic acids is 1. The number of aryl methyl sites for hydroxylation is 1. The van der Waals surface area contributed by atoms with E-state index in [0.29, 0.717) is 17.9 Å². The number of anilines is 1. The Kier molecular flexibility index (Phi) is 10.1. The van der Waals surface area contributed by atoms with E-state index in [1.807, 2.05) is 6.92 Å². The van der Waals surface area contributed by atoms with Crippen LogP contribution in [0.25, 0.3) is 0 Å². The van der Waals surface area contributed by atoms with Gasteiger partial charge in [0.2, 0.25) is 6.41 Å². The SMILES string of the molecule is CCN(N)C=O.CCc1ccc(F)c(SCc2c(N(C)N)cccc2C(F)(F)F)c1. The van der Waals surface area contributed by atoms with Gasteiger partial charge in [-0.1, -0.05) is 19.1 Å².